The monoisotopic (exact) mass is 482 g/mol. The SMILES string of the molecule is Fc1ccc2c(N3CCN4CC(COc5cccc(CN6CCCC6)c5)CCC4C3)noc2c1F. The molecule has 1 aromatic heterocycles. The molecule has 186 valence electrons. The quantitative estimate of drug-likeness (QED) is 0.508. The zero-order chi connectivity index (χ0) is 23.8. The van der Waals surface area contributed by atoms with Crippen LogP contribution in [0.25, 0.3) is 11.0 Å². The number of piperidine rings is 1. The number of fused-ring (bicyclic) bond motifs is 2. The first-order valence-electron chi connectivity index (χ1n) is 12.8. The third-order valence-electron chi connectivity index (χ3n) is 7.81. The number of anilines is 1. The molecule has 0 amide bonds. The molecule has 2 aromatic carbocycles. The third kappa shape index (κ3) is 4.74. The summed E-state index contributed by atoms with van der Waals surface area (Å²) in [5, 5.41) is 4.61. The van der Waals surface area contributed by atoms with Gasteiger partial charge in [-0.25, -0.2) is 4.39 Å². The number of halogens is 2. The highest BCUT2D eigenvalue weighted by Gasteiger charge is 2.34. The average molecular weight is 483 g/mol. The molecule has 3 aliphatic rings. The van der Waals surface area contributed by atoms with Crippen molar-refractivity contribution < 1.29 is 18.0 Å². The lowest BCUT2D eigenvalue weighted by atomic mass is 9.91. The van der Waals surface area contributed by atoms with Gasteiger partial charge in [0.25, 0.3) is 0 Å². The Balaban J connectivity index is 1.03. The van der Waals surface area contributed by atoms with Crippen LogP contribution >= 0.6 is 0 Å². The molecule has 2 unspecified atom stereocenters. The Morgan fingerprint density at radius 1 is 1.00 bits per heavy atom. The zero-order valence-electron chi connectivity index (χ0n) is 20.0. The number of nitrogens with zero attached hydrogens (tertiary/aromatic N) is 4. The van der Waals surface area contributed by atoms with E-state index in [0.717, 1.165) is 64.0 Å². The van der Waals surface area contributed by atoms with Crippen molar-refractivity contribution in [2.75, 3.05) is 50.8 Å². The van der Waals surface area contributed by atoms with Crippen LogP contribution in [0.3, 0.4) is 0 Å². The highest BCUT2D eigenvalue weighted by Crippen LogP contribution is 2.33. The van der Waals surface area contributed by atoms with Crippen LogP contribution in [0.1, 0.15) is 31.2 Å². The van der Waals surface area contributed by atoms with Gasteiger partial charge < -0.3 is 14.2 Å². The van der Waals surface area contributed by atoms with Crippen molar-refractivity contribution in [3.05, 3.63) is 53.6 Å². The standard InChI is InChI=1S/C27H32F2N4O2/c28-24-9-8-23-26(25(24)29)35-30-27(23)33-13-12-32-16-20(6-7-21(32)17-33)18-34-22-5-3-4-19(14-22)15-31-10-1-2-11-31/h3-5,8-9,14,20-21H,1-2,6-7,10-13,15-18H2. The van der Waals surface area contributed by atoms with Crippen LogP contribution in [-0.2, 0) is 6.54 Å². The van der Waals surface area contributed by atoms with Gasteiger partial charge in [0.15, 0.2) is 11.6 Å². The third-order valence-corrected chi connectivity index (χ3v) is 7.81. The van der Waals surface area contributed by atoms with Crippen molar-refractivity contribution in [3.8, 4) is 5.75 Å². The van der Waals surface area contributed by atoms with Crippen molar-refractivity contribution in [1.82, 2.24) is 15.0 Å². The Kier molecular flexibility index (Phi) is 6.33. The van der Waals surface area contributed by atoms with Crippen molar-refractivity contribution in [2.45, 2.75) is 38.3 Å². The highest BCUT2D eigenvalue weighted by atomic mass is 19.2. The van der Waals surface area contributed by atoms with Gasteiger partial charge in [-0.2, -0.15) is 4.39 Å². The lowest BCUT2D eigenvalue weighted by Crippen LogP contribution is -2.57. The van der Waals surface area contributed by atoms with Crippen LogP contribution in [0.2, 0.25) is 0 Å². The molecule has 3 fully saturated rings. The Morgan fingerprint density at radius 2 is 1.89 bits per heavy atom. The number of ether oxygens (including phenoxy) is 1. The first kappa shape index (κ1) is 22.7. The van der Waals surface area contributed by atoms with Crippen molar-refractivity contribution in [3.63, 3.8) is 0 Å². The summed E-state index contributed by atoms with van der Waals surface area (Å²) < 4.78 is 39.0. The summed E-state index contributed by atoms with van der Waals surface area (Å²) in [5.74, 6) is 0.198. The summed E-state index contributed by atoms with van der Waals surface area (Å²) in [7, 11) is 0. The maximum atomic E-state index is 14.0. The van der Waals surface area contributed by atoms with Gasteiger partial charge in [-0.05, 0) is 68.6 Å². The number of rotatable bonds is 6. The molecule has 4 heterocycles. The number of likely N-dealkylation sites (tertiary alicyclic amines) is 1. The van der Waals surface area contributed by atoms with Gasteiger partial charge in [0.2, 0.25) is 11.4 Å². The molecule has 6 rings (SSSR count). The first-order valence-corrected chi connectivity index (χ1v) is 12.8. The molecule has 3 saturated heterocycles. The van der Waals surface area contributed by atoms with Crippen molar-refractivity contribution >= 4 is 16.8 Å². The molecule has 0 saturated carbocycles. The summed E-state index contributed by atoms with van der Waals surface area (Å²) in [6.07, 6.45) is 4.81. The van der Waals surface area contributed by atoms with Crippen LogP contribution in [-0.4, -0.2) is 66.9 Å². The lowest BCUT2D eigenvalue weighted by Gasteiger charge is -2.46. The summed E-state index contributed by atoms with van der Waals surface area (Å²) in [6, 6.07) is 11.7. The maximum Gasteiger partial charge on any atom is 0.207 e. The zero-order valence-corrected chi connectivity index (χ0v) is 20.0. The predicted octanol–water partition coefficient (Wildman–Crippen LogP) is 4.68. The predicted molar refractivity (Wildman–Crippen MR) is 131 cm³/mol. The fourth-order valence-corrected chi connectivity index (χ4v) is 5.90. The molecule has 0 radical (unpaired) electrons. The van der Waals surface area contributed by atoms with E-state index in [0.29, 0.717) is 23.2 Å². The van der Waals surface area contributed by atoms with Crippen LogP contribution in [0.15, 0.2) is 40.9 Å². The molecule has 2 atom stereocenters. The topological polar surface area (TPSA) is 45.0 Å². The Morgan fingerprint density at radius 3 is 2.77 bits per heavy atom. The molecule has 3 aliphatic heterocycles. The fourth-order valence-electron chi connectivity index (χ4n) is 5.90. The second-order valence-electron chi connectivity index (χ2n) is 10.2. The van der Waals surface area contributed by atoms with Crippen molar-refractivity contribution in [1.29, 1.82) is 0 Å². The first-order chi connectivity index (χ1) is 17.1. The minimum Gasteiger partial charge on any atom is -0.493 e. The average Bonchev–Trinajstić information content (AvgIpc) is 3.55. The molecule has 0 N–H and O–H groups in total. The van der Waals surface area contributed by atoms with E-state index in [1.54, 1.807) is 6.07 Å². The van der Waals surface area contributed by atoms with Crippen molar-refractivity contribution in [2.24, 2.45) is 5.92 Å². The summed E-state index contributed by atoms with van der Waals surface area (Å²) in [4.78, 5) is 7.20. The second kappa shape index (κ2) is 9.74. The molecule has 0 bridgehead atoms. The number of benzene rings is 2. The molecule has 35 heavy (non-hydrogen) atoms. The summed E-state index contributed by atoms with van der Waals surface area (Å²) >= 11 is 0. The molecular weight excluding hydrogens is 450 g/mol. The largest absolute Gasteiger partial charge is 0.493 e. The van der Waals surface area contributed by atoms with Gasteiger partial charge in [0, 0.05) is 44.7 Å². The number of hydrogen-bond acceptors (Lipinski definition) is 6. The van der Waals surface area contributed by atoms with E-state index in [1.165, 1.54) is 31.5 Å². The molecule has 0 aliphatic carbocycles. The van der Waals surface area contributed by atoms with E-state index >= 15 is 0 Å². The minimum atomic E-state index is -0.970. The van der Waals surface area contributed by atoms with Gasteiger partial charge in [0.1, 0.15) is 5.75 Å². The van der Waals surface area contributed by atoms with E-state index in [4.69, 9.17) is 9.26 Å². The number of piperazine rings is 1. The second-order valence-corrected chi connectivity index (χ2v) is 10.2. The summed E-state index contributed by atoms with van der Waals surface area (Å²) in [6.45, 7) is 7.66. The van der Waals surface area contributed by atoms with E-state index in [-0.39, 0.29) is 5.58 Å². The Hall–Kier alpha value is -2.71. The smallest absolute Gasteiger partial charge is 0.207 e. The van der Waals surface area contributed by atoms with Crippen LogP contribution in [0, 0.1) is 17.6 Å². The van der Waals surface area contributed by atoms with Gasteiger partial charge >= 0.3 is 0 Å². The highest BCUT2D eigenvalue weighted by molar-refractivity contribution is 5.89. The normalized spacial score (nSPS) is 23.7. The van der Waals surface area contributed by atoms with Gasteiger partial charge in [-0.15, -0.1) is 0 Å². The van der Waals surface area contributed by atoms with E-state index < -0.39 is 11.6 Å². The lowest BCUT2D eigenvalue weighted by molar-refractivity contribution is 0.0726. The number of aromatic nitrogens is 1. The van der Waals surface area contributed by atoms with Crippen LogP contribution in [0.5, 0.6) is 5.75 Å². The van der Waals surface area contributed by atoms with Gasteiger partial charge in [-0.3, -0.25) is 9.80 Å². The molecule has 8 heteroatoms. The number of hydrogen-bond donors (Lipinski definition) is 0. The molecule has 6 nitrogen and oxygen atoms in total. The van der Waals surface area contributed by atoms with E-state index in [1.807, 2.05) is 0 Å². The maximum absolute atomic E-state index is 14.0. The molecular formula is C27H32F2N4O2. The Bertz CT molecular complexity index is 1180. The Labute approximate surface area is 204 Å². The van der Waals surface area contributed by atoms with Crippen LogP contribution < -0.4 is 9.64 Å². The fraction of sp³-hybridized carbons (Fsp3) is 0.519. The van der Waals surface area contributed by atoms with Gasteiger partial charge in [-0.1, -0.05) is 17.3 Å². The minimum absolute atomic E-state index is 0.104. The summed E-state index contributed by atoms with van der Waals surface area (Å²) in [5.41, 5.74) is 1.22. The van der Waals surface area contributed by atoms with E-state index in [2.05, 4.69) is 44.1 Å². The molecule has 3 aromatic rings. The molecule has 0 spiro atoms. The van der Waals surface area contributed by atoms with Gasteiger partial charge in [0.05, 0.1) is 12.0 Å². The van der Waals surface area contributed by atoms with Crippen LogP contribution in [0.4, 0.5) is 14.6 Å². The van der Waals surface area contributed by atoms with E-state index in [9.17, 15) is 8.78 Å².